The lowest BCUT2D eigenvalue weighted by Crippen LogP contribution is -1.96. The Hall–Kier alpha value is -0.640. The van der Waals surface area contributed by atoms with Crippen LogP contribution in [0.25, 0.3) is 10.9 Å². The van der Waals surface area contributed by atoms with E-state index in [0.717, 1.165) is 17.6 Å². The van der Waals surface area contributed by atoms with E-state index in [-0.39, 0.29) is 0 Å². The lowest BCUT2D eigenvalue weighted by Gasteiger charge is -2.08. The molecule has 0 aliphatic heterocycles. The van der Waals surface area contributed by atoms with Crippen LogP contribution in [0.5, 0.6) is 0 Å². The van der Waals surface area contributed by atoms with Crippen molar-refractivity contribution in [2.45, 2.75) is 20.3 Å². The third kappa shape index (κ3) is 1.52. The predicted molar refractivity (Wildman–Crippen MR) is 68.6 cm³/mol. The SMILES string of the molecule is CCc1c(C)nc2ccccc2c1I. The van der Waals surface area contributed by atoms with Crippen molar-refractivity contribution in [1.82, 2.24) is 4.98 Å². The maximum absolute atomic E-state index is 4.60. The van der Waals surface area contributed by atoms with Crippen LogP contribution in [0.3, 0.4) is 0 Å². The number of rotatable bonds is 1. The number of fused-ring (bicyclic) bond motifs is 1. The summed E-state index contributed by atoms with van der Waals surface area (Å²) in [4.78, 5) is 4.60. The molecule has 0 unspecified atom stereocenters. The fourth-order valence-electron chi connectivity index (χ4n) is 1.74. The highest BCUT2D eigenvalue weighted by Gasteiger charge is 2.07. The minimum absolute atomic E-state index is 1.06. The summed E-state index contributed by atoms with van der Waals surface area (Å²) in [6.45, 7) is 4.27. The number of aryl methyl sites for hydroxylation is 1. The first-order valence-electron chi connectivity index (χ1n) is 4.77. The van der Waals surface area contributed by atoms with Gasteiger partial charge in [0.15, 0.2) is 0 Å². The zero-order valence-corrected chi connectivity index (χ0v) is 10.5. The Morgan fingerprint density at radius 2 is 2.00 bits per heavy atom. The van der Waals surface area contributed by atoms with Crippen molar-refractivity contribution in [2.24, 2.45) is 0 Å². The van der Waals surface area contributed by atoms with Crippen molar-refractivity contribution >= 4 is 33.5 Å². The highest BCUT2D eigenvalue weighted by Crippen LogP contribution is 2.24. The number of para-hydroxylation sites is 1. The van der Waals surface area contributed by atoms with Gasteiger partial charge in [0.25, 0.3) is 0 Å². The average molecular weight is 297 g/mol. The quantitative estimate of drug-likeness (QED) is 0.731. The molecule has 0 bridgehead atoms. The van der Waals surface area contributed by atoms with Crippen LogP contribution in [-0.2, 0) is 6.42 Å². The van der Waals surface area contributed by atoms with Crippen LogP contribution < -0.4 is 0 Å². The Balaban J connectivity index is 2.86. The number of halogens is 1. The van der Waals surface area contributed by atoms with Crippen LogP contribution in [0.4, 0.5) is 0 Å². The van der Waals surface area contributed by atoms with Gasteiger partial charge in [0.2, 0.25) is 0 Å². The minimum atomic E-state index is 1.06. The van der Waals surface area contributed by atoms with E-state index in [0.29, 0.717) is 0 Å². The molecule has 0 aliphatic carbocycles. The van der Waals surface area contributed by atoms with Gasteiger partial charge in [-0.1, -0.05) is 25.1 Å². The highest BCUT2D eigenvalue weighted by atomic mass is 127. The Bertz CT molecular complexity index is 477. The Morgan fingerprint density at radius 3 is 2.71 bits per heavy atom. The maximum atomic E-state index is 4.60. The number of benzene rings is 1. The number of hydrogen-bond acceptors (Lipinski definition) is 1. The number of nitrogens with zero attached hydrogens (tertiary/aromatic N) is 1. The molecule has 2 aromatic rings. The molecule has 0 saturated carbocycles. The molecular formula is C12H12IN. The second kappa shape index (κ2) is 3.85. The van der Waals surface area contributed by atoms with Crippen molar-refractivity contribution in [3.63, 3.8) is 0 Å². The van der Waals surface area contributed by atoms with E-state index in [1.165, 1.54) is 14.5 Å². The van der Waals surface area contributed by atoms with Crippen molar-refractivity contribution < 1.29 is 0 Å². The van der Waals surface area contributed by atoms with Gasteiger partial charge in [-0.25, -0.2) is 0 Å². The second-order valence-corrected chi connectivity index (χ2v) is 4.44. The number of aromatic nitrogens is 1. The van der Waals surface area contributed by atoms with Crippen LogP contribution in [0.2, 0.25) is 0 Å². The van der Waals surface area contributed by atoms with E-state index in [1.807, 2.05) is 6.07 Å². The normalized spacial score (nSPS) is 10.8. The monoisotopic (exact) mass is 297 g/mol. The number of hydrogen-bond donors (Lipinski definition) is 0. The van der Waals surface area contributed by atoms with Gasteiger partial charge >= 0.3 is 0 Å². The molecule has 0 fully saturated rings. The maximum Gasteiger partial charge on any atom is 0.0716 e. The van der Waals surface area contributed by atoms with Crippen LogP contribution in [0, 0.1) is 10.5 Å². The molecule has 1 aromatic heterocycles. The van der Waals surface area contributed by atoms with E-state index in [2.05, 4.69) is 59.6 Å². The van der Waals surface area contributed by atoms with Crippen LogP contribution in [-0.4, -0.2) is 4.98 Å². The molecule has 1 aromatic carbocycles. The molecule has 2 rings (SSSR count). The predicted octanol–water partition coefficient (Wildman–Crippen LogP) is 3.71. The first-order valence-corrected chi connectivity index (χ1v) is 5.85. The van der Waals surface area contributed by atoms with Gasteiger partial charge in [-0.15, -0.1) is 0 Å². The van der Waals surface area contributed by atoms with E-state index in [9.17, 15) is 0 Å². The lowest BCUT2D eigenvalue weighted by molar-refractivity contribution is 1.06. The van der Waals surface area contributed by atoms with E-state index < -0.39 is 0 Å². The smallest absolute Gasteiger partial charge is 0.0716 e. The molecular weight excluding hydrogens is 285 g/mol. The molecule has 0 N–H and O–H groups in total. The van der Waals surface area contributed by atoms with Gasteiger partial charge < -0.3 is 0 Å². The summed E-state index contributed by atoms with van der Waals surface area (Å²) in [6.07, 6.45) is 1.06. The van der Waals surface area contributed by atoms with Gasteiger partial charge in [0.1, 0.15) is 0 Å². The zero-order chi connectivity index (χ0) is 10.1. The Labute approximate surface area is 97.7 Å². The summed E-state index contributed by atoms with van der Waals surface area (Å²) in [5.74, 6) is 0. The summed E-state index contributed by atoms with van der Waals surface area (Å²) < 4.78 is 1.35. The molecule has 0 saturated heterocycles. The van der Waals surface area contributed by atoms with Crippen molar-refractivity contribution in [1.29, 1.82) is 0 Å². The summed E-state index contributed by atoms with van der Waals surface area (Å²) in [5, 5.41) is 1.27. The summed E-state index contributed by atoms with van der Waals surface area (Å²) >= 11 is 2.42. The van der Waals surface area contributed by atoms with Crippen molar-refractivity contribution in [2.75, 3.05) is 0 Å². The number of pyridine rings is 1. The molecule has 0 spiro atoms. The molecule has 2 heteroatoms. The summed E-state index contributed by atoms with van der Waals surface area (Å²) in [5.41, 5.74) is 3.64. The fourth-order valence-corrected chi connectivity index (χ4v) is 2.97. The molecule has 14 heavy (non-hydrogen) atoms. The van der Waals surface area contributed by atoms with Gasteiger partial charge in [-0.05, 0) is 47.6 Å². The summed E-state index contributed by atoms with van der Waals surface area (Å²) in [7, 11) is 0. The minimum Gasteiger partial charge on any atom is -0.253 e. The van der Waals surface area contributed by atoms with Gasteiger partial charge in [0.05, 0.1) is 5.52 Å². The Kier molecular flexibility index (Phi) is 2.72. The Morgan fingerprint density at radius 1 is 1.29 bits per heavy atom. The zero-order valence-electron chi connectivity index (χ0n) is 8.34. The van der Waals surface area contributed by atoms with E-state index >= 15 is 0 Å². The van der Waals surface area contributed by atoms with Crippen molar-refractivity contribution in [3.8, 4) is 0 Å². The standard InChI is InChI=1S/C12H12IN/c1-3-9-8(2)14-11-7-5-4-6-10(11)12(9)13/h4-7H,3H2,1-2H3. The van der Waals surface area contributed by atoms with Crippen LogP contribution in [0.1, 0.15) is 18.2 Å². The molecule has 0 radical (unpaired) electrons. The second-order valence-electron chi connectivity index (χ2n) is 3.36. The summed E-state index contributed by atoms with van der Waals surface area (Å²) in [6, 6.07) is 8.32. The molecule has 1 nitrogen and oxygen atoms in total. The molecule has 0 atom stereocenters. The van der Waals surface area contributed by atoms with Crippen LogP contribution >= 0.6 is 22.6 Å². The van der Waals surface area contributed by atoms with Gasteiger partial charge in [0, 0.05) is 14.7 Å². The van der Waals surface area contributed by atoms with Gasteiger partial charge in [-0.3, -0.25) is 4.98 Å². The van der Waals surface area contributed by atoms with Crippen molar-refractivity contribution in [3.05, 3.63) is 39.1 Å². The third-order valence-electron chi connectivity index (χ3n) is 2.48. The molecule has 0 amide bonds. The highest BCUT2D eigenvalue weighted by molar-refractivity contribution is 14.1. The van der Waals surface area contributed by atoms with Gasteiger partial charge in [-0.2, -0.15) is 0 Å². The van der Waals surface area contributed by atoms with E-state index in [4.69, 9.17) is 0 Å². The third-order valence-corrected chi connectivity index (χ3v) is 3.72. The lowest BCUT2D eigenvalue weighted by atomic mass is 10.1. The first kappa shape index (κ1) is 9.90. The topological polar surface area (TPSA) is 12.9 Å². The molecule has 0 aliphatic rings. The fraction of sp³-hybridized carbons (Fsp3) is 0.250. The largest absolute Gasteiger partial charge is 0.253 e. The van der Waals surface area contributed by atoms with E-state index in [1.54, 1.807) is 0 Å². The van der Waals surface area contributed by atoms with Crippen LogP contribution in [0.15, 0.2) is 24.3 Å². The first-order chi connectivity index (χ1) is 6.74. The molecule has 1 heterocycles. The molecule has 72 valence electrons. The average Bonchev–Trinajstić information content (AvgIpc) is 2.18.